The van der Waals surface area contributed by atoms with E-state index in [2.05, 4.69) is 518 Å². The highest BCUT2D eigenvalue weighted by molar-refractivity contribution is 6.24. The minimum Gasteiger partial charge on any atom is -0.309 e. The Hall–Kier alpha value is -16.3. The first-order valence-electron chi connectivity index (χ1n) is 44.3. The van der Waals surface area contributed by atoms with E-state index in [1.807, 2.05) is 0 Å². The Morgan fingerprint density at radius 1 is 0.133 bits per heavy atom. The van der Waals surface area contributed by atoms with Gasteiger partial charge in [0.1, 0.15) is 0 Å². The van der Waals surface area contributed by atoms with Gasteiger partial charge in [-0.3, -0.25) is 0 Å². The van der Waals surface area contributed by atoms with Gasteiger partial charge in [0.15, 0.2) is 0 Å². The Morgan fingerprint density at radius 3 is 0.891 bits per heavy atom. The van der Waals surface area contributed by atoms with Crippen LogP contribution >= 0.6 is 0 Å². The Morgan fingerprint density at radius 2 is 0.422 bits per heavy atom. The van der Waals surface area contributed by atoms with Gasteiger partial charge in [0.25, 0.3) is 0 Å². The molecule has 26 aromatic rings. The quantitative estimate of drug-likeness (QED) is 0.152. The fourth-order valence-corrected chi connectivity index (χ4v) is 19.6. The summed E-state index contributed by atoms with van der Waals surface area (Å²) < 4.78 is 12.0. The Bertz CT molecular complexity index is 8620. The van der Waals surface area contributed by atoms with Gasteiger partial charge in [-0.2, -0.15) is 0 Å². The van der Waals surface area contributed by atoms with Gasteiger partial charge >= 0.3 is 0 Å². The standard InChI is InChI=1S/C31H23N.4C23H17N/c1-22-9-8-14-27(19-22)32-30-17-15-25(23-10-4-2-5-11-23)20-28(30)29-21-26(16-18-31(29)32)24-12-6-3-7-13-24;1-16-7-6-9-18(15-16)24-22-12-5-4-11-20(22)21-14-13-17-8-2-3-10-19(17)23(21)24;1-16-10-13-18(14-11-16)24-22-9-5-4-8-20(22)21-15-12-17-6-2-3-7-19(17)23(21)24;1-16-10-13-18(14-11-16)24-21-9-5-4-8-20(21)23-19-7-3-2-6-17(19)12-15-22(23)24;1-16-11-14-22-21(15-16)20-13-12-17-7-5-6-10-19(17)23(20)24(22)18-8-3-2-4-9-18/h2-21H,1H3;4*2-15H,1H3. The molecule has 128 heavy (non-hydrogen) atoms. The SMILES string of the molecule is Cc1ccc(-n2c3ccccc3c3c4ccccc4ccc32)cc1.Cc1ccc(-n2c3ccccc3c3ccc4ccccc4c32)cc1.Cc1ccc2c(c1)c1ccc3ccccc3c1n2-c1ccccc1.Cc1cccc(-n2c3ccc(-c4ccccc4)cc3c3cc(-c4ccccc4)ccc32)c1.Cc1cccc(-n2c3ccccc3c3ccc4ccccc4c32)c1. The summed E-state index contributed by atoms with van der Waals surface area (Å²) in [6.45, 7) is 10.7. The van der Waals surface area contributed by atoms with Gasteiger partial charge in [-0.25, -0.2) is 0 Å². The molecule has 0 atom stereocenters. The van der Waals surface area contributed by atoms with Crippen molar-refractivity contribution in [1.82, 2.24) is 22.8 Å². The molecule has 0 spiro atoms. The number of hydrogen-bond acceptors (Lipinski definition) is 0. The van der Waals surface area contributed by atoms with Crippen LogP contribution in [-0.2, 0) is 0 Å². The monoisotopic (exact) mass is 1640 g/mol. The van der Waals surface area contributed by atoms with Crippen LogP contribution in [0.15, 0.2) is 461 Å². The van der Waals surface area contributed by atoms with Crippen LogP contribution in [0.2, 0.25) is 0 Å². The van der Waals surface area contributed by atoms with Crippen LogP contribution < -0.4 is 0 Å². The lowest BCUT2D eigenvalue weighted by molar-refractivity contribution is 1.17. The van der Waals surface area contributed by atoms with Gasteiger partial charge in [0.2, 0.25) is 0 Å². The normalized spacial score (nSPS) is 11.5. The molecule has 0 fully saturated rings. The molecule has 5 aromatic heterocycles. The third-order valence-electron chi connectivity index (χ3n) is 25.6. The number of nitrogens with zero attached hydrogens (tertiary/aromatic N) is 5. The zero-order valence-corrected chi connectivity index (χ0v) is 72.1. The second kappa shape index (κ2) is 33.0. The molecule has 0 unspecified atom stereocenters. The third-order valence-corrected chi connectivity index (χ3v) is 25.6. The number of para-hydroxylation sites is 4. The van der Waals surface area contributed by atoms with Crippen molar-refractivity contribution in [3.05, 3.63) is 489 Å². The molecule has 5 heteroatoms. The summed E-state index contributed by atoms with van der Waals surface area (Å²) in [6, 6.07) is 166. The number of benzene rings is 21. The van der Waals surface area contributed by atoms with Gasteiger partial charge in [-0.1, -0.05) is 356 Å². The molecular weight excluding hydrogens is 1550 g/mol. The van der Waals surface area contributed by atoms with E-state index in [0.717, 1.165) is 0 Å². The average Bonchev–Trinajstić information content (AvgIpc) is 1.60. The lowest BCUT2D eigenvalue weighted by Gasteiger charge is -2.10. The molecule has 0 radical (unpaired) electrons. The minimum atomic E-state index is 1.20. The smallest absolute Gasteiger partial charge is 0.0619 e. The summed E-state index contributed by atoms with van der Waals surface area (Å²) in [6.07, 6.45) is 0. The summed E-state index contributed by atoms with van der Waals surface area (Å²) >= 11 is 0. The number of fused-ring (bicyclic) bond motifs is 23. The molecule has 5 nitrogen and oxygen atoms in total. The van der Waals surface area contributed by atoms with Crippen molar-refractivity contribution in [3.8, 4) is 50.7 Å². The second-order valence-corrected chi connectivity index (χ2v) is 33.9. The molecule has 608 valence electrons. The molecule has 21 aromatic carbocycles. The highest BCUT2D eigenvalue weighted by Crippen LogP contribution is 2.44. The van der Waals surface area contributed by atoms with Crippen LogP contribution in [0.25, 0.3) is 203 Å². The van der Waals surface area contributed by atoms with Gasteiger partial charge in [0, 0.05) is 98.5 Å². The van der Waals surface area contributed by atoms with Crippen LogP contribution in [0.3, 0.4) is 0 Å². The van der Waals surface area contributed by atoms with Crippen LogP contribution in [0.4, 0.5) is 0 Å². The molecule has 0 bridgehead atoms. The highest BCUT2D eigenvalue weighted by Gasteiger charge is 2.22. The Balaban J connectivity index is 0.0000000947. The van der Waals surface area contributed by atoms with Crippen molar-refractivity contribution in [2.45, 2.75) is 34.6 Å². The van der Waals surface area contributed by atoms with Gasteiger partial charge in [-0.05, 0) is 216 Å². The number of hydrogen-bond donors (Lipinski definition) is 0. The molecule has 26 rings (SSSR count). The van der Waals surface area contributed by atoms with E-state index >= 15 is 0 Å². The van der Waals surface area contributed by atoms with E-state index in [9.17, 15) is 0 Å². The van der Waals surface area contributed by atoms with Crippen LogP contribution in [0, 0.1) is 34.6 Å². The summed E-state index contributed by atoms with van der Waals surface area (Å²) in [5.74, 6) is 0. The second-order valence-electron chi connectivity index (χ2n) is 33.9. The summed E-state index contributed by atoms with van der Waals surface area (Å²) in [5.41, 5.74) is 30.0. The maximum Gasteiger partial charge on any atom is 0.0619 e. The lowest BCUT2D eigenvalue weighted by atomic mass is 10.0. The van der Waals surface area contributed by atoms with E-state index in [1.165, 1.54) is 231 Å². The van der Waals surface area contributed by atoms with E-state index in [0.29, 0.717) is 0 Å². The summed E-state index contributed by atoms with van der Waals surface area (Å²) in [4.78, 5) is 0. The molecule has 0 aliphatic rings. The Labute approximate surface area is 744 Å². The molecule has 0 saturated carbocycles. The molecular formula is C123H91N5. The highest BCUT2D eigenvalue weighted by atomic mass is 15.0. The molecule has 0 saturated heterocycles. The zero-order valence-electron chi connectivity index (χ0n) is 72.1. The Kier molecular flexibility index (Phi) is 20.1. The molecule has 0 aliphatic carbocycles. The van der Waals surface area contributed by atoms with E-state index in [1.54, 1.807) is 0 Å². The first-order chi connectivity index (χ1) is 63.1. The average molecular weight is 1640 g/mol. The largest absolute Gasteiger partial charge is 0.309 e. The molecule has 0 aliphatic heterocycles. The number of rotatable bonds is 7. The number of aryl methyl sites for hydroxylation is 5. The minimum absolute atomic E-state index is 1.20. The lowest BCUT2D eigenvalue weighted by Crippen LogP contribution is -1.94. The maximum absolute atomic E-state index is 2.40. The first kappa shape index (κ1) is 77.7. The molecule has 0 N–H and O–H groups in total. The van der Waals surface area contributed by atoms with E-state index < -0.39 is 0 Å². The summed E-state index contributed by atoms with van der Waals surface area (Å²) in [5, 5.41) is 23.4. The molecule has 0 amide bonds. The predicted molar refractivity (Wildman–Crippen MR) is 548 cm³/mol. The van der Waals surface area contributed by atoms with Crippen LogP contribution in [0.5, 0.6) is 0 Å². The summed E-state index contributed by atoms with van der Waals surface area (Å²) in [7, 11) is 0. The van der Waals surface area contributed by atoms with E-state index in [-0.39, 0.29) is 0 Å². The first-order valence-corrected chi connectivity index (χ1v) is 44.3. The van der Waals surface area contributed by atoms with Gasteiger partial charge in [-0.15, -0.1) is 0 Å². The van der Waals surface area contributed by atoms with E-state index in [4.69, 9.17) is 0 Å². The number of aromatic nitrogens is 5. The molecule has 5 heterocycles. The van der Waals surface area contributed by atoms with Crippen molar-refractivity contribution in [3.63, 3.8) is 0 Å². The van der Waals surface area contributed by atoms with Crippen molar-refractivity contribution < 1.29 is 0 Å². The van der Waals surface area contributed by atoms with Crippen molar-refractivity contribution in [1.29, 1.82) is 0 Å². The van der Waals surface area contributed by atoms with Crippen molar-refractivity contribution in [2.24, 2.45) is 0 Å². The maximum atomic E-state index is 2.40. The van der Waals surface area contributed by atoms with Crippen LogP contribution in [0.1, 0.15) is 27.8 Å². The topological polar surface area (TPSA) is 24.6 Å². The fraction of sp³-hybridized carbons (Fsp3) is 0.0407. The van der Waals surface area contributed by atoms with Crippen LogP contribution in [-0.4, -0.2) is 22.8 Å². The predicted octanol–water partition coefficient (Wildman–Crippen LogP) is 33.4. The van der Waals surface area contributed by atoms with Gasteiger partial charge in [0.05, 0.1) is 55.2 Å². The van der Waals surface area contributed by atoms with Crippen molar-refractivity contribution >= 4 is 152 Å². The van der Waals surface area contributed by atoms with Gasteiger partial charge < -0.3 is 22.8 Å². The zero-order chi connectivity index (χ0) is 85.9. The third kappa shape index (κ3) is 14.0. The van der Waals surface area contributed by atoms with Crippen molar-refractivity contribution in [2.75, 3.05) is 0 Å². The fourth-order valence-electron chi connectivity index (χ4n) is 19.6.